The summed E-state index contributed by atoms with van der Waals surface area (Å²) in [5.74, 6) is 0.286. The van der Waals surface area contributed by atoms with E-state index in [0.717, 1.165) is 48.0 Å². The predicted molar refractivity (Wildman–Crippen MR) is 149 cm³/mol. The van der Waals surface area contributed by atoms with Gasteiger partial charge in [-0.2, -0.15) is 0 Å². The number of fused-ring (bicyclic) bond motifs is 1. The molecule has 0 aliphatic heterocycles. The Morgan fingerprint density at radius 1 is 0.917 bits per heavy atom. The third-order valence-corrected chi connectivity index (χ3v) is 7.62. The van der Waals surface area contributed by atoms with Crippen molar-refractivity contribution in [2.45, 2.75) is 81.1 Å². The van der Waals surface area contributed by atoms with Crippen LogP contribution in [-0.4, -0.2) is 15.9 Å². The van der Waals surface area contributed by atoms with Crippen LogP contribution < -0.4 is 0 Å². The van der Waals surface area contributed by atoms with E-state index < -0.39 is 0 Å². The van der Waals surface area contributed by atoms with Crippen molar-refractivity contribution in [3.05, 3.63) is 77.6 Å². The van der Waals surface area contributed by atoms with Gasteiger partial charge in [0.15, 0.2) is 5.78 Å². The molecule has 0 unspecified atom stereocenters. The first kappa shape index (κ1) is 31.7. The van der Waals surface area contributed by atoms with Gasteiger partial charge in [-0.25, -0.2) is 0 Å². The Bertz CT molecular complexity index is 1150. The zero-order chi connectivity index (χ0) is 26.2. The summed E-state index contributed by atoms with van der Waals surface area (Å²) in [6.07, 6.45) is 4.75. The summed E-state index contributed by atoms with van der Waals surface area (Å²) in [4.78, 5) is 16.9. The molecular formula is C32H42IrNO2-. The van der Waals surface area contributed by atoms with Gasteiger partial charge in [-0.15, -0.1) is 34.9 Å². The van der Waals surface area contributed by atoms with Crippen LogP contribution in [0.4, 0.5) is 0 Å². The number of hydrogen-bond donors (Lipinski definition) is 1. The van der Waals surface area contributed by atoms with E-state index in [1.165, 1.54) is 17.0 Å². The van der Waals surface area contributed by atoms with Crippen LogP contribution in [0.1, 0.15) is 78.4 Å². The molecule has 1 N–H and O–H groups in total. The van der Waals surface area contributed by atoms with Crippen LogP contribution in [0.2, 0.25) is 0 Å². The van der Waals surface area contributed by atoms with Crippen LogP contribution in [0.15, 0.2) is 60.4 Å². The van der Waals surface area contributed by atoms with Gasteiger partial charge in [0.25, 0.3) is 0 Å². The first-order chi connectivity index (χ1) is 16.5. The normalized spacial score (nSPS) is 11.9. The Hall–Kier alpha value is -2.29. The first-order valence-electron chi connectivity index (χ1n) is 12.8. The van der Waals surface area contributed by atoms with Crippen molar-refractivity contribution in [3.63, 3.8) is 0 Å². The van der Waals surface area contributed by atoms with Gasteiger partial charge in [-0.05, 0) is 42.8 Å². The molecule has 0 saturated heterocycles. The van der Waals surface area contributed by atoms with Gasteiger partial charge in [0.2, 0.25) is 0 Å². The zero-order valence-corrected chi connectivity index (χ0v) is 25.6. The Labute approximate surface area is 231 Å². The number of ketones is 1. The molecule has 0 aliphatic rings. The van der Waals surface area contributed by atoms with Crippen LogP contribution >= 0.6 is 0 Å². The van der Waals surface area contributed by atoms with E-state index in [1.54, 1.807) is 0 Å². The minimum atomic E-state index is -0.337. The van der Waals surface area contributed by atoms with Gasteiger partial charge >= 0.3 is 0 Å². The number of carbonyl (C=O) groups excluding carboxylic acids is 1. The van der Waals surface area contributed by atoms with Crippen LogP contribution in [0.5, 0.6) is 0 Å². The number of hydrogen-bond acceptors (Lipinski definition) is 3. The van der Waals surface area contributed by atoms with E-state index in [0.29, 0.717) is 0 Å². The summed E-state index contributed by atoms with van der Waals surface area (Å²) < 4.78 is 0. The zero-order valence-electron chi connectivity index (χ0n) is 23.2. The Morgan fingerprint density at radius 2 is 1.50 bits per heavy atom. The minimum absolute atomic E-state index is 0. The molecule has 2 aromatic carbocycles. The number of benzene rings is 2. The molecule has 3 nitrogen and oxygen atoms in total. The Kier molecular flexibility index (Phi) is 12.2. The van der Waals surface area contributed by atoms with Crippen molar-refractivity contribution in [1.82, 2.24) is 4.98 Å². The van der Waals surface area contributed by atoms with Crippen LogP contribution in [-0.2, 0) is 24.9 Å². The fourth-order valence-corrected chi connectivity index (χ4v) is 3.93. The van der Waals surface area contributed by atoms with E-state index >= 15 is 0 Å². The molecule has 0 bridgehead atoms. The summed E-state index contributed by atoms with van der Waals surface area (Å²) in [5.41, 5.74) is 4.88. The Balaban J connectivity index is 0.000000352. The molecule has 1 radical (unpaired) electrons. The number of nitrogens with zero attached hydrogens (tertiary/aromatic N) is 1. The van der Waals surface area contributed by atoms with Gasteiger partial charge in [-0.3, -0.25) is 9.78 Å². The monoisotopic (exact) mass is 665 g/mol. The molecule has 0 spiro atoms. The van der Waals surface area contributed by atoms with Crippen LogP contribution in [0.25, 0.3) is 22.2 Å². The quantitative estimate of drug-likeness (QED) is 0.149. The largest absolute Gasteiger partial charge is 0.512 e. The molecule has 3 aromatic rings. The molecule has 0 saturated carbocycles. The number of carbonyl (C=O) groups is 1. The number of para-hydroxylation sites is 1. The van der Waals surface area contributed by atoms with E-state index in [2.05, 4.69) is 50.2 Å². The number of aromatic nitrogens is 1. The summed E-state index contributed by atoms with van der Waals surface area (Å²) in [7, 11) is 0. The maximum Gasteiger partial charge on any atom is 0.164 e. The molecule has 0 fully saturated rings. The first-order valence-corrected chi connectivity index (χ1v) is 12.8. The summed E-state index contributed by atoms with van der Waals surface area (Å²) >= 11 is 0. The fraction of sp³-hybridized carbons (Fsp3) is 0.438. The topological polar surface area (TPSA) is 50.2 Å². The van der Waals surface area contributed by atoms with Crippen molar-refractivity contribution >= 4 is 16.7 Å². The van der Waals surface area contributed by atoms with Crippen LogP contribution in [0, 0.1) is 30.7 Å². The summed E-state index contributed by atoms with van der Waals surface area (Å²) in [6.45, 7) is 16.3. The molecule has 0 aliphatic carbocycles. The van der Waals surface area contributed by atoms with Crippen molar-refractivity contribution in [2.24, 2.45) is 10.8 Å². The van der Waals surface area contributed by atoms with Crippen molar-refractivity contribution in [3.8, 4) is 11.3 Å². The number of rotatable bonds is 8. The maximum absolute atomic E-state index is 12.2. The van der Waals surface area contributed by atoms with E-state index in [4.69, 9.17) is 4.98 Å². The number of aryl methyl sites for hydroxylation is 2. The molecule has 0 atom stereocenters. The van der Waals surface area contributed by atoms with E-state index in [-0.39, 0.29) is 42.5 Å². The third-order valence-electron chi connectivity index (χ3n) is 7.62. The maximum atomic E-state index is 12.2. The van der Waals surface area contributed by atoms with E-state index in [9.17, 15) is 9.90 Å². The van der Waals surface area contributed by atoms with E-state index in [1.807, 2.05) is 59.7 Å². The minimum Gasteiger partial charge on any atom is -0.512 e. The molecule has 0 amide bonds. The number of pyridine rings is 1. The second-order valence-corrected chi connectivity index (χ2v) is 10.1. The van der Waals surface area contributed by atoms with Gasteiger partial charge < -0.3 is 5.11 Å². The van der Waals surface area contributed by atoms with Gasteiger partial charge in [0, 0.05) is 37.0 Å². The second kappa shape index (κ2) is 13.9. The molecule has 1 aromatic heterocycles. The molecule has 197 valence electrons. The number of allylic oxidation sites excluding steroid dienone is 2. The summed E-state index contributed by atoms with van der Waals surface area (Å²) in [5, 5.41) is 11.3. The Morgan fingerprint density at radius 3 is 2.06 bits per heavy atom. The standard InChI is InChI=1S/C17H14N.C15H28O2.Ir/c1-12-9-13(2)11-15(10-12)17-8-7-14-5-3-4-6-16(14)18-17;1-7-14(5,8-2)12(16)11-13(17)15(6,9-3)10-4;/h3-10H,1-2H3;11,16H,7-10H2,1-6H3;/q-1;;/b;12-11-;. The number of aliphatic hydroxyl groups is 1. The molecule has 3 rings (SSSR count). The van der Waals surface area contributed by atoms with Crippen molar-refractivity contribution < 1.29 is 30.0 Å². The molecule has 36 heavy (non-hydrogen) atoms. The fourth-order valence-electron chi connectivity index (χ4n) is 3.93. The molecule has 1 heterocycles. The summed E-state index contributed by atoms with van der Waals surface area (Å²) in [6, 6.07) is 20.0. The average molecular weight is 665 g/mol. The average Bonchev–Trinajstić information content (AvgIpc) is 2.87. The smallest absolute Gasteiger partial charge is 0.164 e. The van der Waals surface area contributed by atoms with Gasteiger partial charge in [0.1, 0.15) is 5.76 Å². The third kappa shape index (κ3) is 7.85. The second-order valence-electron chi connectivity index (χ2n) is 10.1. The van der Waals surface area contributed by atoms with Crippen LogP contribution in [0.3, 0.4) is 0 Å². The predicted octanol–water partition coefficient (Wildman–Crippen LogP) is 8.97. The molecule has 4 heteroatoms. The SMILES string of the molecule is CCC(C)(CC)C(=O)/C=C(\O)C(C)(CC)CC.Cc1[c-]c(-c2ccc3ccccc3n2)cc(C)c1.[Ir]. The molecular weight excluding hydrogens is 623 g/mol. The van der Waals surface area contributed by atoms with Crippen molar-refractivity contribution in [1.29, 1.82) is 0 Å². The van der Waals surface area contributed by atoms with Gasteiger partial charge in [-0.1, -0.05) is 85.7 Å². The number of aliphatic hydroxyl groups excluding tert-OH is 1. The van der Waals surface area contributed by atoms with Crippen molar-refractivity contribution in [2.75, 3.05) is 0 Å². The van der Waals surface area contributed by atoms with Gasteiger partial charge in [0.05, 0.1) is 5.52 Å².